The minimum atomic E-state index is -0.113. The standard InChI is InChI=1S/C21H22N2O3/c1-14-19(21(25)23-11-9-15(13-24)10-12-23)26-20(22-14)18-8-4-6-16-5-2-3-7-17(16)18/h2-8,15,24H,9-13H2,1H3. The second kappa shape index (κ2) is 6.92. The molecule has 0 unspecified atom stereocenters. The quantitative estimate of drug-likeness (QED) is 0.783. The fourth-order valence-corrected chi connectivity index (χ4v) is 3.58. The van der Waals surface area contributed by atoms with E-state index in [2.05, 4.69) is 4.98 Å². The van der Waals surface area contributed by atoms with Crippen LogP contribution in [-0.2, 0) is 0 Å². The van der Waals surface area contributed by atoms with Crippen molar-refractivity contribution < 1.29 is 14.3 Å². The number of aliphatic hydroxyl groups excluding tert-OH is 1. The van der Waals surface area contributed by atoms with Crippen molar-refractivity contribution in [1.82, 2.24) is 9.88 Å². The van der Waals surface area contributed by atoms with Crippen molar-refractivity contribution in [2.24, 2.45) is 5.92 Å². The van der Waals surface area contributed by atoms with Crippen LogP contribution in [-0.4, -0.2) is 40.6 Å². The topological polar surface area (TPSA) is 66.6 Å². The van der Waals surface area contributed by atoms with Gasteiger partial charge in [0.1, 0.15) is 0 Å². The highest BCUT2D eigenvalue weighted by Crippen LogP contribution is 2.30. The van der Waals surface area contributed by atoms with Crippen LogP contribution in [0.25, 0.3) is 22.2 Å². The number of piperidine rings is 1. The van der Waals surface area contributed by atoms with E-state index in [0.29, 0.717) is 36.4 Å². The summed E-state index contributed by atoms with van der Waals surface area (Å²) in [6.07, 6.45) is 1.65. The molecule has 26 heavy (non-hydrogen) atoms. The van der Waals surface area contributed by atoms with Crippen LogP contribution in [0.2, 0.25) is 0 Å². The lowest BCUT2D eigenvalue weighted by Gasteiger charge is -2.30. The largest absolute Gasteiger partial charge is 0.431 e. The number of aryl methyl sites for hydroxylation is 1. The number of carbonyl (C=O) groups is 1. The average Bonchev–Trinajstić information content (AvgIpc) is 3.08. The number of fused-ring (bicyclic) bond motifs is 1. The average molecular weight is 350 g/mol. The van der Waals surface area contributed by atoms with Crippen molar-refractivity contribution in [2.75, 3.05) is 19.7 Å². The smallest absolute Gasteiger partial charge is 0.291 e. The molecule has 1 N–H and O–H groups in total. The van der Waals surface area contributed by atoms with Crippen LogP contribution in [0.3, 0.4) is 0 Å². The van der Waals surface area contributed by atoms with Crippen molar-refractivity contribution in [3.63, 3.8) is 0 Å². The molecule has 0 atom stereocenters. The van der Waals surface area contributed by atoms with E-state index < -0.39 is 0 Å². The summed E-state index contributed by atoms with van der Waals surface area (Å²) in [4.78, 5) is 19.2. The second-order valence-corrected chi connectivity index (χ2v) is 6.88. The molecule has 134 valence electrons. The maximum Gasteiger partial charge on any atom is 0.291 e. The minimum Gasteiger partial charge on any atom is -0.431 e. The van der Waals surface area contributed by atoms with Crippen LogP contribution >= 0.6 is 0 Å². The molecule has 5 heteroatoms. The Morgan fingerprint density at radius 2 is 1.92 bits per heavy atom. The zero-order valence-corrected chi connectivity index (χ0v) is 14.8. The summed E-state index contributed by atoms with van der Waals surface area (Å²) in [7, 11) is 0. The van der Waals surface area contributed by atoms with Crippen LogP contribution in [0.4, 0.5) is 0 Å². The molecule has 2 aromatic carbocycles. The molecular weight excluding hydrogens is 328 g/mol. The van der Waals surface area contributed by atoms with E-state index in [1.54, 1.807) is 4.90 Å². The molecule has 1 fully saturated rings. The van der Waals surface area contributed by atoms with E-state index in [4.69, 9.17) is 4.42 Å². The summed E-state index contributed by atoms with van der Waals surface area (Å²) >= 11 is 0. The Morgan fingerprint density at radius 1 is 1.19 bits per heavy atom. The van der Waals surface area contributed by atoms with Crippen LogP contribution in [0.15, 0.2) is 46.9 Å². The van der Waals surface area contributed by atoms with Gasteiger partial charge in [0.25, 0.3) is 5.91 Å². The third kappa shape index (κ3) is 2.99. The number of aliphatic hydroxyl groups is 1. The molecule has 0 spiro atoms. The van der Waals surface area contributed by atoms with E-state index in [0.717, 1.165) is 29.2 Å². The summed E-state index contributed by atoms with van der Waals surface area (Å²) < 4.78 is 5.93. The summed E-state index contributed by atoms with van der Waals surface area (Å²) in [6, 6.07) is 14.0. The van der Waals surface area contributed by atoms with Crippen LogP contribution in [0.5, 0.6) is 0 Å². The van der Waals surface area contributed by atoms with Crippen molar-refractivity contribution in [3.05, 3.63) is 53.9 Å². The van der Waals surface area contributed by atoms with Crippen LogP contribution in [0, 0.1) is 12.8 Å². The molecule has 1 saturated heterocycles. The van der Waals surface area contributed by atoms with Crippen molar-refractivity contribution in [2.45, 2.75) is 19.8 Å². The summed E-state index contributed by atoms with van der Waals surface area (Å²) in [5, 5.41) is 11.4. The third-order valence-corrected chi connectivity index (χ3v) is 5.17. The highest BCUT2D eigenvalue weighted by Gasteiger charge is 2.27. The Bertz CT molecular complexity index is 934. The maximum atomic E-state index is 12.9. The fourth-order valence-electron chi connectivity index (χ4n) is 3.58. The van der Waals surface area contributed by atoms with Crippen LogP contribution in [0.1, 0.15) is 29.1 Å². The van der Waals surface area contributed by atoms with Gasteiger partial charge in [0, 0.05) is 25.3 Å². The fraction of sp³-hybridized carbons (Fsp3) is 0.333. The van der Waals surface area contributed by atoms with Gasteiger partial charge in [-0.15, -0.1) is 0 Å². The Morgan fingerprint density at radius 3 is 2.69 bits per heavy atom. The number of aromatic nitrogens is 1. The molecule has 1 aliphatic rings. The molecule has 5 nitrogen and oxygen atoms in total. The molecule has 1 aliphatic heterocycles. The van der Waals surface area contributed by atoms with E-state index in [9.17, 15) is 9.90 Å². The number of carbonyl (C=O) groups excluding carboxylic acids is 1. The highest BCUT2D eigenvalue weighted by atomic mass is 16.4. The Balaban J connectivity index is 1.64. The van der Waals surface area contributed by atoms with Gasteiger partial charge in [-0.05, 0) is 42.5 Å². The van der Waals surface area contributed by atoms with Crippen molar-refractivity contribution in [1.29, 1.82) is 0 Å². The summed E-state index contributed by atoms with van der Waals surface area (Å²) in [5.41, 5.74) is 1.51. The minimum absolute atomic E-state index is 0.113. The van der Waals surface area contributed by atoms with E-state index in [-0.39, 0.29) is 12.5 Å². The number of amides is 1. The number of rotatable bonds is 3. The number of likely N-dealkylation sites (tertiary alicyclic amines) is 1. The van der Waals surface area contributed by atoms with Gasteiger partial charge in [-0.2, -0.15) is 0 Å². The van der Waals surface area contributed by atoms with Gasteiger partial charge in [-0.3, -0.25) is 4.79 Å². The lowest BCUT2D eigenvalue weighted by atomic mass is 9.98. The summed E-state index contributed by atoms with van der Waals surface area (Å²) in [5.74, 6) is 0.974. The normalized spacial score (nSPS) is 15.5. The number of hydrogen-bond acceptors (Lipinski definition) is 4. The van der Waals surface area contributed by atoms with Gasteiger partial charge in [0.05, 0.1) is 5.69 Å². The third-order valence-electron chi connectivity index (χ3n) is 5.17. The zero-order valence-electron chi connectivity index (χ0n) is 14.8. The monoisotopic (exact) mass is 350 g/mol. The molecule has 0 aliphatic carbocycles. The number of nitrogens with zero attached hydrogens (tertiary/aromatic N) is 2. The lowest BCUT2D eigenvalue weighted by Crippen LogP contribution is -2.39. The molecular formula is C21H22N2O3. The Kier molecular flexibility index (Phi) is 4.47. The van der Waals surface area contributed by atoms with Crippen molar-refractivity contribution >= 4 is 16.7 Å². The first-order valence-corrected chi connectivity index (χ1v) is 9.03. The number of hydrogen-bond donors (Lipinski definition) is 1. The molecule has 3 aromatic rings. The predicted molar refractivity (Wildman–Crippen MR) is 99.9 cm³/mol. The first kappa shape index (κ1) is 16.8. The molecule has 0 radical (unpaired) electrons. The van der Waals surface area contributed by atoms with Gasteiger partial charge < -0.3 is 14.4 Å². The second-order valence-electron chi connectivity index (χ2n) is 6.88. The van der Waals surface area contributed by atoms with Gasteiger partial charge >= 0.3 is 0 Å². The number of oxazole rings is 1. The molecule has 1 aromatic heterocycles. The number of benzene rings is 2. The van der Waals surface area contributed by atoms with E-state index in [1.165, 1.54) is 0 Å². The van der Waals surface area contributed by atoms with Gasteiger partial charge in [0.2, 0.25) is 11.7 Å². The Hall–Kier alpha value is -2.66. The molecule has 4 rings (SSSR count). The molecule has 1 amide bonds. The Labute approximate surface area is 152 Å². The highest BCUT2D eigenvalue weighted by molar-refractivity contribution is 5.96. The van der Waals surface area contributed by atoms with Gasteiger partial charge in [0.15, 0.2) is 0 Å². The SMILES string of the molecule is Cc1nc(-c2cccc3ccccc23)oc1C(=O)N1CCC(CO)CC1. The van der Waals surface area contributed by atoms with E-state index >= 15 is 0 Å². The summed E-state index contributed by atoms with van der Waals surface area (Å²) in [6.45, 7) is 3.29. The zero-order chi connectivity index (χ0) is 18.1. The van der Waals surface area contributed by atoms with Crippen molar-refractivity contribution in [3.8, 4) is 11.5 Å². The predicted octanol–water partition coefficient (Wildman–Crippen LogP) is 3.65. The lowest BCUT2D eigenvalue weighted by molar-refractivity contribution is 0.0620. The molecule has 0 bridgehead atoms. The first-order valence-electron chi connectivity index (χ1n) is 9.03. The van der Waals surface area contributed by atoms with Crippen LogP contribution < -0.4 is 0 Å². The maximum absolute atomic E-state index is 12.9. The molecule has 0 saturated carbocycles. The van der Waals surface area contributed by atoms with Gasteiger partial charge in [-0.25, -0.2) is 4.98 Å². The first-order chi connectivity index (χ1) is 12.7. The van der Waals surface area contributed by atoms with E-state index in [1.807, 2.05) is 49.4 Å². The van der Waals surface area contributed by atoms with Gasteiger partial charge in [-0.1, -0.05) is 36.4 Å². The molecule has 2 heterocycles.